The molecule has 2 N–H and O–H groups in total. The average molecular weight is 252 g/mol. The first-order valence-electron chi connectivity index (χ1n) is 6.31. The Morgan fingerprint density at radius 2 is 1.78 bits per heavy atom. The van der Waals surface area contributed by atoms with Crippen LogP contribution in [0.4, 0.5) is 5.69 Å². The maximum absolute atomic E-state index is 6.04. The Labute approximate surface area is 110 Å². The van der Waals surface area contributed by atoms with Gasteiger partial charge in [0.1, 0.15) is 0 Å². The first kappa shape index (κ1) is 14.6. The zero-order chi connectivity index (χ0) is 13.5. The topological polar surface area (TPSA) is 47.7 Å². The summed E-state index contributed by atoms with van der Waals surface area (Å²) >= 11 is 0. The molecule has 0 fully saturated rings. The van der Waals surface area contributed by atoms with E-state index < -0.39 is 0 Å². The Kier molecular flexibility index (Phi) is 5.78. The maximum atomic E-state index is 6.04. The second kappa shape index (κ2) is 7.11. The zero-order valence-electron chi connectivity index (χ0n) is 11.8. The fourth-order valence-corrected chi connectivity index (χ4v) is 1.87. The Bertz CT molecular complexity index is 380. The molecule has 0 bridgehead atoms. The van der Waals surface area contributed by atoms with Crippen LogP contribution in [-0.2, 0) is 6.54 Å². The van der Waals surface area contributed by atoms with Crippen LogP contribution in [0.5, 0.6) is 11.5 Å². The molecule has 0 atom stereocenters. The Hall–Kier alpha value is -1.42. The Morgan fingerprint density at radius 3 is 2.33 bits per heavy atom. The van der Waals surface area contributed by atoms with Gasteiger partial charge in [-0.05, 0) is 31.6 Å². The van der Waals surface area contributed by atoms with E-state index in [1.165, 1.54) is 12.8 Å². The Morgan fingerprint density at radius 1 is 1.17 bits per heavy atom. The zero-order valence-corrected chi connectivity index (χ0v) is 11.8. The molecule has 0 aliphatic heterocycles. The number of rotatable bonds is 7. The average Bonchev–Trinajstić information content (AvgIpc) is 2.38. The lowest BCUT2D eigenvalue weighted by atomic mass is 10.1. The lowest BCUT2D eigenvalue weighted by Crippen LogP contribution is -2.19. The molecular weight excluding hydrogens is 228 g/mol. The van der Waals surface area contributed by atoms with Gasteiger partial charge in [-0.1, -0.05) is 13.3 Å². The predicted molar refractivity (Wildman–Crippen MR) is 75.2 cm³/mol. The summed E-state index contributed by atoms with van der Waals surface area (Å²) in [4.78, 5) is 2.26. The van der Waals surface area contributed by atoms with Crippen molar-refractivity contribution in [2.45, 2.75) is 26.3 Å². The van der Waals surface area contributed by atoms with Gasteiger partial charge < -0.3 is 20.1 Å². The van der Waals surface area contributed by atoms with E-state index in [0.717, 1.165) is 30.1 Å². The number of unbranched alkanes of at least 4 members (excludes halogenated alkanes) is 1. The summed E-state index contributed by atoms with van der Waals surface area (Å²) in [5.41, 5.74) is 7.86. The van der Waals surface area contributed by atoms with Gasteiger partial charge in [-0.2, -0.15) is 0 Å². The quantitative estimate of drug-likeness (QED) is 0.757. The van der Waals surface area contributed by atoms with Crippen LogP contribution in [0.25, 0.3) is 0 Å². The summed E-state index contributed by atoms with van der Waals surface area (Å²) in [6, 6.07) is 3.78. The summed E-state index contributed by atoms with van der Waals surface area (Å²) < 4.78 is 10.5. The standard InChI is InChI=1S/C14H24N2O2/c1-5-6-7-16(2)10-11-8-13(17-3)14(18-4)9-12(11)15/h8-9H,5-7,10,15H2,1-4H3. The highest BCUT2D eigenvalue weighted by Gasteiger charge is 2.10. The van der Waals surface area contributed by atoms with E-state index in [9.17, 15) is 0 Å². The fourth-order valence-electron chi connectivity index (χ4n) is 1.87. The van der Waals surface area contributed by atoms with Crippen molar-refractivity contribution < 1.29 is 9.47 Å². The van der Waals surface area contributed by atoms with Crippen LogP contribution in [0.15, 0.2) is 12.1 Å². The van der Waals surface area contributed by atoms with Crippen LogP contribution in [0, 0.1) is 0 Å². The van der Waals surface area contributed by atoms with E-state index in [2.05, 4.69) is 18.9 Å². The molecule has 0 saturated carbocycles. The van der Waals surface area contributed by atoms with E-state index in [1.54, 1.807) is 14.2 Å². The number of ether oxygens (including phenoxy) is 2. The summed E-state index contributed by atoms with van der Waals surface area (Å²) in [6.45, 7) is 4.09. The van der Waals surface area contributed by atoms with E-state index >= 15 is 0 Å². The molecule has 0 saturated heterocycles. The highest BCUT2D eigenvalue weighted by molar-refractivity contribution is 5.57. The molecule has 1 aromatic rings. The number of nitrogens with two attached hydrogens (primary N) is 1. The molecule has 4 heteroatoms. The van der Waals surface area contributed by atoms with Gasteiger partial charge in [0, 0.05) is 18.3 Å². The maximum Gasteiger partial charge on any atom is 0.162 e. The molecular formula is C14H24N2O2. The summed E-state index contributed by atoms with van der Waals surface area (Å²) in [5, 5.41) is 0. The van der Waals surface area contributed by atoms with Gasteiger partial charge in [0.2, 0.25) is 0 Å². The van der Waals surface area contributed by atoms with Crippen LogP contribution >= 0.6 is 0 Å². The SMILES string of the molecule is CCCCN(C)Cc1cc(OC)c(OC)cc1N. The van der Waals surface area contributed by atoms with Crippen molar-refractivity contribution in [3.05, 3.63) is 17.7 Å². The molecule has 18 heavy (non-hydrogen) atoms. The van der Waals surface area contributed by atoms with Crippen molar-refractivity contribution in [3.8, 4) is 11.5 Å². The van der Waals surface area contributed by atoms with Crippen molar-refractivity contribution in [2.75, 3.05) is 33.5 Å². The number of anilines is 1. The highest BCUT2D eigenvalue weighted by Crippen LogP contribution is 2.32. The van der Waals surface area contributed by atoms with Crippen molar-refractivity contribution in [1.29, 1.82) is 0 Å². The normalized spacial score (nSPS) is 10.7. The van der Waals surface area contributed by atoms with E-state index in [0.29, 0.717) is 5.75 Å². The third kappa shape index (κ3) is 3.81. The van der Waals surface area contributed by atoms with Gasteiger partial charge in [-0.15, -0.1) is 0 Å². The lowest BCUT2D eigenvalue weighted by Gasteiger charge is -2.19. The van der Waals surface area contributed by atoms with Gasteiger partial charge in [0.15, 0.2) is 11.5 Å². The minimum atomic E-state index is 0.676. The number of hydrogen-bond acceptors (Lipinski definition) is 4. The van der Waals surface area contributed by atoms with Gasteiger partial charge in [-0.3, -0.25) is 0 Å². The number of nitrogen functional groups attached to an aromatic ring is 1. The van der Waals surface area contributed by atoms with Crippen LogP contribution in [0.2, 0.25) is 0 Å². The molecule has 0 unspecified atom stereocenters. The third-order valence-corrected chi connectivity index (χ3v) is 2.98. The largest absolute Gasteiger partial charge is 0.493 e. The predicted octanol–water partition coefficient (Wildman–Crippen LogP) is 2.52. The number of nitrogens with zero attached hydrogens (tertiary/aromatic N) is 1. The third-order valence-electron chi connectivity index (χ3n) is 2.98. The number of hydrogen-bond donors (Lipinski definition) is 1. The molecule has 0 aromatic heterocycles. The van der Waals surface area contributed by atoms with E-state index in [1.807, 2.05) is 12.1 Å². The smallest absolute Gasteiger partial charge is 0.162 e. The molecule has 1 rings (SSSR count). The molecule has 0 spiro atoms. The molecule has 102 valence electrons. The van der Waals surface area contributed by atoms with Crippen molar-refractivity contribution in [3.63, 3.8) is 0 Å². The highest BCUT2D eigenvalue weighted by atomic mass is 16.5. The van der Waals surface area contributed by atoms with Crippen LogP contribution in [0.3, 0.4) is 0 Å². The molecule has 0 aliphatic rings. The van der Waals surface area contributed by atoms with Crippen molar-refractivity contribution >= 4 is 5.69 Å². The van der Waals surface area contributed by atoms with Gasteiger partial charge in [0.25, 0.3) is 0 Å². The first-order valence-corrected chi connectivity index (χ1v) is 6.31. The van der Waals surface area contributed by atoms with E-state index in [-0.39, 0.29) is 0 Å². The van der Waals surface area contributed by atoms with Gasteiger partial charge in [-0.25, -0.2) is 0 Å². The van der Waals surface area contributed by atoms with E-state index in [4.69, 9.17) is 15.2 Å². The Balaban J connectivity index is 2.82. The molecule has 4 nitrogen and oxygen atoms in total. The summed E-state index contributed by atoms with van der Waals surface area (Å²) in [7, 11) is 5.36. The molecule has 0 radical (unpaired) electrons. The molecule has 0 heterocycles. The second-order valence-corrected chi connectivity index (χ2v) is 4.50. The van der Waals surface area contributed by atoms with Crippen LogP contribution in [0.1, 0.15) is 25.3 Å². The van der Waals surface area contributed by atoms with Gasteiger partial charge >= 0.3 is 0 Å². The molecule has 0 aliphatic carbocycles. The second-order valence-electron chi connectivity index (χ2n) is 4.50. The molecule has 0 amide bonds. The van der Waals surface area contributed by atoms with Crippen molar-refractivity contribution in [2.24, 2.45) is 0 Å². The first-order chi connectivity index (χ1) is 8.62. The lowest BCUT2D eigenvalue weighted by molar-refractivity contribution is 0.319. The van der Waals surface area contributed by atoms with Gasteiger partial charge in [0.05, 0.1) is 14.2 Å². The summed E-state index contributed by atoms with van der Waals surface area (Å²) in [6.07, 6.45) is 2.40. The molecule has 1 aromatic carbocycles. The minimum Gasteiger partial charge on any atom is -0.493 e. The fraction of sp³-hybridized carbons (Fsp3) is 0.571. The summed E-state index contributed by atoms with van der Waals surface area (Å²) in [5.74, 6) is 1.40. The van der Waals surface area contributed by atoms with Crippen molar-refractivity contribution in [1.82, 2.24) is 4.90 Å². The minimum absolute atomic E-state index is 0.676. The van der Waals surface area contributed by atoms with Crippen LogP contribution < -0.4 is 15.2 Å². The van der Waals surface area contributed by atoms with Crippen LogP contribution in [-0.4, -0.2) is 32.7 Å². The number of benzene rings is 1. The monoisotopic (exact) mass is 252 g/mol. The number of methoxy groups -OCH3 is 2.